The second-order valence-electron chi connectivity index (χ2n) is 8.84. The smallest absolute Gasteiger partial charge is 0.339 e. The molecule has 0 N–H and O–H groups in total. The van der Waals surface area contributed by atoms with Crippen LogP contribution in [-0.4, -0.2) is 61.3 Å². The van der Waals surface area contributed by atoms with Gasteiger partial charge in [-0.15, -0.1) is 0 Å². The number of amides is 1. The highest BCUT2D eigenvalue weighted by Gasteiger charge is 2.39. The number of hydrogen-bond donors (Lipinski definition) is 0. The Labute approximate surface area is 198 Å². The maximum Gasteiger partial charge on any atom is 0.455 e. The molecule has 0 radical (unpaired) electrons. The minimum atomic E-state index is -4.71. The van der Waals surface area contributed by atoms with Crippen LogP contribution in [0.15, 0.2) is 21.6 Å². The Morgan fingerprint density at radius 3 is 2.37 bits per heavy atom. The Morgan fingerprint density at radius 2 is 1.77 bits per heavy atom. The lowest BCUT2D eigenvalue weighted by molar-refractivity contribution is -0.146. The van der Waals surface area contributed by atoms with E-state index in [1.807, 2.05) is 0 Å². The molecule has 35 heavy (non-hydrogen) atoms. The van der Waals surface area contributed by atoms with E-state index in [2.05, 4.69) is 10.1 Å². The minimum absolute atomic E-state index is 0.0663. The van der Waals surface area contributed by atoms with Gasteiger partial charge in [-0.3, -0.25) is 4.79 Å². The van der Waals surface area contributed by atoms with Crippen molar-refractivity contribution in [3.63, 3.8) is 0 Å². The normalized spacial score (nSPS) is 20.5. The predicted octanol–water partition coefficient (Wildman–Crippen LogP) is 3.22. The molecule has 8 nitrogen and oxygen atoms in total. The summed E-state index contributed by atoms with van der Waals surface area (Å²) in [4.78, 5) is 19.0. The van der Waals surface area contributed by atoms with Crippen LogP contribution in [0.1, 0.15) is 37.1 Å². The second-order valence-corrected chi connectivity index (χ2v) is 10.8. The highest BCUT2D eigenvalue weighted by molar-refractivity contribution is 7.90. The highest BCUT2D eigenvalue weighted by atomic mass is 32.2. The summed E-state index contributed by atoms with van der Waals surface area (Å²) in [5.74, 6) is -4.10. The number of likely N-dealkylation sites (tertiary alicyclic amines) is 1. The number of alkyl halides is 3. The zero-order chi connectivity index (χ0) is 25.5. The van der Waals surface area contributed by atoms with Crippen molar-refractivity contribution in [2.75, 3.05) is 30.8 Å². The van der Waals surface area contributed by atoms with E-state index in [0.29, 0.717) is 51.4 Å². The van der Waals surface area contributed by atoms with Crippen LogP contribution in [0.4, 0.5) is 28.0 Å². The Kier molecular flexibility index (Phi) is 6.77. The molecule has 1 aromatic carbocycles. The topological polar surface area (TPSA) is 96.6 Å². The number of rotatable bonds is 5. The van der Waals surface area contributed by atoms with Crippen LogP contribution in [0.5, 0.6) is 0 Å². The zero-order valence-electron chi connectivity index (χ0n) is 18.7. The lowest BCUT2D eigenvalue weighted by Gasteiger charge is -2.41. The summed E-state index contributed by atoms with van der Waals surface area (Å²) in [6, 6.07) is 1.08. The minimum Gasteiger partial charge on any atom is -0.339 e. The van der Waals surface area contributed by atoms with Crippen molar-refractivity contribution in [3.05, 3.63) is 35.2 Å². The molecule has 1 amide bonds. The van der Waals surface area contributed by atoms with Crippen LogP contribution in [0, 0.1) is 17.6 Å². The summed E-state index contributed by atoms with van der Waals surface area (Å²) in [5, 5.41) is 2.96. The zero-order valence-corrected chi connectivity index (χ0v) is 19.5. The van der Waals surface area contributed by atoms with Gasteiger partial charge in [0, 0.05) is 37.8 Å². The summed E-state index contributed by atoms with van der Waals surface area (Å²) in [5.41, 5.74) is -0.0678. The fraction of sp³-hybridized carbons (Fsp3) is 0.571. The average Bonchev–Trinajstić information content (AvgIpc) is 3.28. The molecule has 2 aliphatic rings. The third kappa shape index (κ3) is 5.41. The number of carbonyl (C=O) groups excluding carboxylic acids is 1. The van der Waals surface area contributed by atoms with Crippen molar-refractivity contribution in [1.29, 1.82) is 0 Å². The second kappa shape index (κ2) is 9.36. The van der Waals surface area contributed by atoms with Gasteiger partial charge in [0.15, 0.2) is 9.84 Å². The molecule has 0 spiro atoms. The molecular weight excluding hydrogens is 499 g/mol. The Balaban J connectivity index is 1.40. The van der Waals surface area contributed by atoms with Crippen LogP contribution >= 0.6 is 0 Å². The Morgan fingerprint density at radius 1 is 1.09 bits per heavy atom. The van der Waals surface area contributed by atoms with Crippen LogP contribution in [0.3, 0.4) is 0 Å². The van der Waals surface area contributed by atoms with Gasteiger partial charge < -0.3 is 14.3 Å². The van der Waals surface area contributed by atoms with Crippen molar-refractivity contribution in [2.45, 2.75) is 49.2 Å². The number of benzene rings is 1. The number of halogens is 5. The van der Waals surface area contributed by atoms with E-state index in [1.165, 1.54) is 4.90 Å². The van der Waals surface area contributed by atoms with Crippen LogP contribution in [0.25, 0.3) is 0 Å². The first-order valence-corrected chi connectivity index (χ1v) is 12.9. The molecule has 0 saturated carbocycles. The van der Waals surface area contributed by atoms with Crippen molar-refractivity contribution >= 4 is 21.8 Å². The molecule has 0 unspecified atom stereocenters. The SMILES string of the molecule is CS(=O)(=O)c1cc(F)c(C[C@H]2CCCN(C3CCN(c4nc(C(F)(F)F)no4)CC3)C2=O)cc1F. The molecule has 1 aromatic heterocycles. The standard InChI is InChI=1S/C21H23F5N4O4S/c1-35(32,33)17-11-15(22)13(10-16(17)23)9-12-3-2-6-30(18(12)31)14-4-7-29(8-5-14)20-27-19(28-34-20)21(24,25)26/h10-12,14H,2-9H2,1H3/t12-/m1/s1. The first kappa shape index (κ1) is 25.3. The van der Waals surface area contributed by atoms with Gasteiger partial charge in [-0.1, -0.05) is 0 Å². The van der Waals surface area contributed by atoms with Crippen LogP contribution < -0.4 is 4.90 Å². The van der Waals surface area contributed by atoms with Gasteiger partial charge in [0.25, 0.3) is 5.82 Å². The van der Waals surface area contributed by atoms with Gasteiger partial charge in [0.1, 0.15) is 16.5 Å². The van der Waals surface area contributed by atoms with E-state index in [-0.39, 0.29) is 29.9 Å². The van der Waals surface area contributed by atoms with Gasteiger partial charge in [0.2, 0.25) is 5.91 Å². The van der Waals surface area contributed by atoms with E-state index < -0.39 is 44.3 Å². The van der Waals surface area contributed by atoms with Crippen molar-refractivity contribution < 1.29 is 39.7 Å². The number of nitrogens with zero attached hydrogens (tertiary/aromatic N) is 4. The maximum absolute atomic E-state index is 14.5. The predicted molar refractivity (Wildman–Crippen MR) is 112 cm³/mol. The molecular formula is C21H23F5N4O4S. The van der Waals surface area contributed by atoms with E-state index >= 15 is 0 Å². The molecule has 4 rings (SSSR count). The van der Waals surface area contributed by atoms with E-state index in [9.17, 15) is 35.2 Å². The first-order chi connectivity index (χ1) is 16.3. The van der Waals surface area contributed by atoms with Gasteiger partial charge in [0.05, 0.1) is 0 Å². The average molecular weight is 522 g/mol. The van der Waals surface area contributed by atoms with Crippen molar-refractivity contribution in [3.8, 4) is 0 Å². The monoisotopic (exact) mass is 522 g/mol. The quantitative estimate of drug-likeness (QED) is 0.557. The summed E-state index contributed by atoms with van der Waals surface area (Å²) < 4.78 is 94.8. The van der Waals surface area contributed by atoms with E-state index in [4.69, 9.17) is 4.52 Å². The Hall–Kier alpha value is -2.77. The first-order valence-electron chi connectivity index (χ1n) is 11.0. The number of hydrogen-bond acceptors (Lipinski definition) is 7. The number of sulfone groups is 1. The van der Waals surface area contributed by atoms with Crippen LogP contribution in [-0.2, 0) is 27.2 Å². The van der Waals surface area contributed by atoms with Gasteiger partial charge in [-0.2, -0.15) is 18.2 Å². The van der Waals surface area contributed by atoms with Gasteiger partial charge >= 0.3 is 12.2 Å². The van der Waals surface area contributed by atoms with Crippen molar-refractivity contribution in [1.82, 2.24) is 15.0 Å². The third-order valence-corrected chi connectivity index (χ3v) is 7.51. The summed E-state index contributed by atoms with van der Waals surface area (Å²) in [7, 11) is -3.94. The number of carbonyl (C=O) groups is 1. The number of aromatic nitrogens is 2. The largest absolute Gasteiger partial charge is 0.455 e. The molecule has 0 aliphatic carbocycles. The molecule has 192 valence electrons. The molecule has 3 heterocycles. The fourth-order valence-corrected chi connectivity index (χ4v) is 5.36. The number of anilines is 1. The lowest BCUT2D eigenvalue weighted by atomic mass is 9.88. The maximum atomic E-state index is 14.5. The van der Waals surface area contributed by atoms with E-state index in [1.54, 1.807) is 4.90 Å². The molecule has 14 heteroatoms. The van der Waals surface area contributed by atoms with Gasteiger partial charge in [-0.05, 0) is 55.0 Å². The Bertz CT molecular complexity index is 1210. The van der Waals surface area contributed by atoms with Gasteiger partial charge in [-0.25, -0.2) is 17.2 Å². The highest BCUT2D eigenvalue weighted by Crippen LogP contribution is 2.32. The number of piperidine rings is 2. The lowest BCUT2D eigenvalue weighted by Crippen LogP contribution is -2.52. The molecule has 2 aliphatic heterocycles. The molecule has 2 fully saturated rings. The molecule has 1 atom stereocenters. The summed E-state index contributed by atoms with van der Waals surface area (Å²) in [6.07, 6.45) is -1.92. The summed E-state index contributed by atoms with van der Waals surface area (Å²) in [6.45, 7) is 1.11. The van der Waals surface area contributed by atoms with Crippen LogP contribution in [0.2, 0.25) is 0 Å². The van der Waals surface area contributed by atoms with E-state index in [0.717, 1.165) is 12.3 Å². The third-order valence-electron chi connectivity index (χ3n) is 6.40. The molecule has 0 bridgehead atoms. The van der Waals surface area contributed by atoms with Crippen molar-refractivity contribution in [2.24, 2.45) is 5.92 Å². The molecule has 2 aromatic rings. The fourth-order valence-electron chi connectivity index (χ4n) is 4.63. The molecule has 2 saturated heterocycles. The summed E-state index contributed by atoms with van der Waals surface area (Å²) >= 11 is 0.